The Kier molecular flexibility index (Phi) is 4.75. The molecule has 2 atom stereocenters. The number of nitrogens with one attached hydrogen (secondary N) is 1. The maximum Gasteiger partial charge on any atom is 0.308 e. The SMILES string of the molecule is CC[C@@]1(CC(=O)OC)OC[C@H](Cc2ccccc2)c2c1[nH]c1ccccc21. The van der Waals surface area contributed by atoms with Crippen LogP contribution in [0.2, 0.25) is 0 Å². The maximum atomic E-state index is 12.1. The highest BCUT2D eigenvalue weighted by molar-refractivity contribution is 5.86. The van der Waals surface area contributed by atoms with Gasteiger partial charge in [-0.15, -0.1) is 0 Å². The summed E-state index contributed by atoms with van der Waals surface area (Å²) in [6.07, 6.45) is 1.84. The van der Waals surface area contributed by atoms with Crippen LogP contribution in [-0.2, 0) is 26.3 Å². The number of aromatic amines is 1. The lowest BCUT2D eigenvalue weighted by molar-refractivity contribution is -0.153. The number of benzene rings is 2. The van der Waals surface area contributed by atoms with Gasteiger partial charge in [0.15, 0.2) is 0 Å². The molecule has 0 saturated heterocycles. The fourth-order valence-electron chi connectivity index (χ4n) is 4.27. The minimum atomic E-state index is -0.658. The Morgan fingerprint density at radius 3 is 2.67 bits per heavy atom. The molecule has 3 aromatic rings. The van der Waals surface area contributed by atoms with Crippen molar-refractivity contribution in [3.8, 4) is 0 Å². The Bertz CT molecular complexity index is 947. The molecule has 2 heterocycles. The Hall–Kier alpha value is -2.59. The van der Waals surface area contributed by atoms with Crippen molar-refractivity contribution in [1.82, 2.24) is 4.98 Å². The molecule has 4 heteroatoms. The monoisotopic (exact) mass is 363 g/mol. The number of carbonyl (C=O) groups is 1. The average Bonchev–Trinajstić information content (AvgIpc) is 3.11. The molecule has 2 aromatic carbocycles. The summed E-state index contributed by atoms with van der Waals surface area (Å²) < 4.78 is 11.4. The second kappa shape index (κ2) is 7.20. The van der Waals surface area contributed by atoms with E-state index in [-0.39, 0.29) is 18.3 Å². The third kappa shape index (κ3) is 3.15. The Balaban J connectivity index is 1.83. The van der Waals surface area contributed by atoms with E-state index in [9.17, 15) is 4.79 Å². The van der Waals surface area contributed by atoms with E-state index in [4.69, 9.17) is 9.47 Å². The normalized spacial score (nSPS) is 21.8. The van der Waals surface area contributed by atoms with E-state index >= 15 is 0 Å². The van der Waals surface area contributed by atoms with Gasteiger partial charge < -0.3 is 14.5 Å². The summed E-state index contributed by atoms with van der Waals surface area (Å²) in [6.45, 7) is 2.66. The minimum absolute atomic E-state index is 0.220. The smallest absolute Gasteiger partial charge is 0.308 e. The maximum absolute atomic E-state index is 12.1. The third-order valence-corrected chi connectivity index (χ3v) is 5.72. The van der Waals surface area contributed by atoms with Crippen LogP contribution in [0.3, 0.4) is 0 Å². The zero-order valence-corrected chi connectivity index (χ0v) is 15.8. The van der Waals surface area contributed by atoms with Crippen LogP contribution in [0.5, 0.6) is 0 Å². The lowest BCUT2D eigenvalue weighted by atomic mass is 9.80. The number of aromatic nitrogens is 1. The van der Waals surface area contributed by atoms with Crippen molar-refractivity contribution in [1.29, 1.82) is 0 Å². The topological polar surface area (TPSA) is 51.3 Å². The summed E-state index contributed by atoms with van der Waals surface area (Å²) in [5.41, 5.74) is 4.04. The first kappa shape index (κ1) is 17.8. The van der Waals surface area contributed by atoms with Crippen molar-refractivity contribution >= 4 is 16.9 Å². The lowest BCUT2D eigenvalue weighted by Crippen LogP contribution is -2.39. The zero-order chi connectivity index (χ0) is 18.9. The van der Waals surface area contributed by atoms with Crippen LogP contribution in [0, 0.1) is 0 Å². The van der Waals surface area contributed by atoms with Crippen molar-refractivity contribution in [3.63, 3.8) is 0 Å². The van der Waals surface area contributed by atoms with Gasteiger partial charge in [0.1, 0.15) is 5.60 Å². The number of hydrogen-bond acceptors (Lipinski definition) is 3. The Morgan fingerprint density at radius 1 is 1.19 bits per heavy atom. The number of rotatable bonds is 5. The van der Waals surface area contributed by atoms with E-state index in [1.807, 2.05) is 12.1 Å². The molecule has 0 saturated carbocycles. The number of esters is 1. The fourth-order valence-corrected chi connectivity index (χ4v) is 4.27. The van der Waals surface area contributed by atoms with Crippen molar-refractivity contribution in [3.05, 3.63) is 71.4 Å². The van der Waals surface area contributed by atoms with Gasteiger partial charge in [-0.1, -0.05) is 55.5 Å². The standard InChI is InChI=1S/C23H25NO3/c1-3-23(14-20(25)26-2)22-21(18-11-7-8-12-19(18)24-22)17(15-27-23)13-16-9-5-4-6-10-16/h4-12,17,24H,3,13-15H2,1-2H3/t17-,23-/m0/s1. The molecule has 0 aliphatic carbocycles. The zero-order valence-electron chi connectivity index (χ0n) is 15.8. The summed E-state index contributed by atoms with van der Waals surface area (Å²) in [5.74, 6) is -0.00108. The van der Waals surface area contributed by atoms with Crippen LogP contribution < -0.4 is 0 Å². The van der Waals surface area contributed by atoms with E-state index in [0.29, 0.717) is 13.0 Å². The van der Waals surface area contributed by atoms with Crippen LogP contribution in [0.15, 0.2) is 54.6 Å². The molecule has 0 spiro atoms. The van der Waals surface area contributed by atoms with Crippen LogP contribution in [0.1, 0.15) is 42.5 Å². The summed E-state index contributed by atoms with van der Waals surface area (Å²) in [5, 5.41) is 1.22. The van der Waals surface area contributed by atoms with Crippen molar-refractivity contribution < 1.29 is 14.3 Å². The summed E-state index contributed by atoms with van der Waals surface area (Å²) in [6, 6.07) is 18.8. The van der Waals surface area contributed by atoms with Crippen molar-refractivity contribution in [2.75, 3.05) is 13.7 Å². The quantitative estimate of drug-likeness (QED) is 0.669. The first-order chi connectivity index (χ1) is 13.2. The number of fused-ring (bicyclic) bond motifs is 3. The molecule has 1 aliphatic rings. The first-order valence-corrected chi connectivity index (χ1v) is 9.52. The molecule has 140 valence electrons. The second-order valence-electron chi connectivity index (χ2n) is 7.26. The highest BCUT2D eigenvalue weighted by atomic mass is 16.5. The van der Waals surface area contributed by atoms with Crippen LogP contribution in [-0.4, -0.2) is 24.7 Å². The van der Waals surface area contributed by atoms with Gasteiger partial charge in [0.05, 0.1) is 25.8 Å². The molecule has 1 N–H and O–H groups in total. The van der Waals surface area contributed by atoms with Crippen LogP contribution in [0.4, 0.5) is 0 Å². The van der Waals surface area contributed by atoms with Gasteiger partial charge in [-0.2, -0.15) is 0 Å². The average molecular weight is 363 g/mol. The number of carbonyl (C=O) groups excluding carboxylic acids is 1. The number of methoxy groups -OCH3 is 1. The summed E-state index contributed by atoms with van der Waals surface area (Å²) in [4.78, 5) is 15.7. The molecular weight excluding hydrogens is 338 g/mol. The highest BCUT2D eigenvalue weighted by Crippen LogP contribution is 2.46. The van der Waals surface area contributed by atoms with Gasteiger partial charge in [-0.3, -0.25) is 4.79 Å². The van der Waals surface area contributed by atoms with Gasteiger partial charge in [0.2, 0.25) is 0 Å². The molecule has 0 bridgehead atoms. The summed E-state index contributed by atoms with van der Waals surface area (Å²) in [7, 11) is 1.43. The van der Waals surface area contributed by atoms with Crippen LogP contribution >= 0.6 is 0 Å². The number of hydrogen-bond donors (Lipinski definition) is 1. The van der Waals surface area contributed by atoms with Gasteiger partial charge in [0, 0.05) is 16.8 Å². The van der Waals surface area contributed by atoms with Gasteiger partial charge in [0.25, 0.3) is 0 Å². The molecule has 0 radical (unpaired) electrons. The van der Waals surface area contributed by atoms with Crippen molar-refractivity contribution in [2.45, 2.75) is 37.7 Å². The van der Waals surface area contributed by atoms with E-state index < -0.39 is 5.60 Å². The number of H-pyrrole nitrogens is 1. The minimum Gasteiger partial charge on any atom is -0.469 e. The molecule has 0 fully saturated rings. The third-order valence-electron chi connectivity index (χ3n) is 5.72. The lowest BCUT2D eigenvalue weighted by Gasteiger charge is -2.39. The molecule has 0 amide bonds. The first-order valence-electron chi connectivity index (χ1n) is 9.52. The Morgan fingerprint density at radius 2 is 1.93 bits per heavy atom. The van der Waals surface area contributed by atoms with Gasteiger partial charge >= 0.3 is 5.97 Å². The summed E-state index contributed by atoms with van der Waals surface area (Å²) >= 11 is 0. The van der Waals surface area contributed by atoms with Crippen LogP contribution in [0.25, 0.3) is 10.9 Å². The predicted octanol–water partition coefficient (Wildman–Crippen LogP) is 4.69. The van der Waals surface area contributed by atoms with Gasteiger partial charge in [-0.05, 0) is 30.0 Å². The molecule has 27 heavy (non-hydrogen) atoms. The fraction of sp³-hybridized carbons (Fsp3) is 0.348. The van der Waals surface area contributed by atoms with E-state index in [2.05, 4.69) is 54.4 Å². The molecule has 1 aromatic heterocycles. The molecule has 4 rings (SSSR count). The van der Waals surface area contributed by atoms with Gasteiger partial charge in [-0.25, -0.2) is 0 Å². The van der Waals surface area contributed by atoms with Crippen molar-refractivity contribution in [2.24, 2.45) is 0 Å². The molecule has 1 aliphatic heterocycles. The predicted molar refractivity (Wildman–Crippen MR) is 106 cm³/mol. The second-order valence-corrected chi connectivity index (χ2v) is 7.26. The number of ether oxygens (including phenoxy) is 2. The van der Waals surface area contributed by atoms with E-state index in [0.717, 1.165) is 17.6 Å². The molecule has 4 nitrogen and oxygen atoms in total. The largest absolute Gasteiger partial charge is 0.469 e. The molecular formula is C23H25NO3. The Labute approximate surface area is 159 Å². The highest BCUT2D eigenvalue weighted by Gasteiger charge is 2.44. The van der Waals surface area contributed by atoms with E-state index in [1.54, 1.807) is 0 Å². The number of para-hydroxylation sites is 1. The van der Waals surface area contributed by atoms with E-state index in [1.165, 1.54) is 23.6 Å². The molecule has 0 unspecified atom stereocenters.